The molecule has 1 heterocycles. The van der Waals surface area contributed by atoms with Gasteiger partial charge in [-0.05, 0) is 53.4 Å². The van der Waals surface area contributed by atoms with Crippen LogP contribution >= 0.6 is 0 Å². The van der Waals surface area contributed by atoms with Crippen molar-refractivity contribution in [3.8, 4) is 0 Å². The van der Waals surface area contributed by atoms with E-state index in [1.54, 1.807) is 0 Å². The van der Waals surface area contributed by atoms with Crippen LogP contribution in [0.4, 0.5) is 10.1 Å². The number of sulfonamides is 1. The van der Waals surface area contributed by atoms with Gasteiger partial charge in [0, 0.05) is 18.8 Å². The SMILES string of the molecule is O=C(Nc1ccc2ccccc2c1)[C@@H]1CCCN(S(=O)(=O)Cc2ccc(F)cc2)C1. The number of benzene rings is 3. The molecule has 0 saturated carbocycles. The van der Waals surface area contributed by atoms with Gasteiger partial charge >= 0.3 is 0 Å². The van der Waals surface area contributed by atoms with Crippen LogP contribution in [-0.2, 0) is 20.6 Å². The summed E-state index contributed by atoms with van der Waals surface area (Å²) in [4.78, 5) is 12.8. The zero-order valence-electron chi connectivity index (χ0n) is 16.4. The van der Waals surface area contributed by atoms with Gasteiger partial charge in [0.1, 0.15) is 5.82 Å². The third-order valence-corrected chi connectivity index (χ3v) is 7.24. The summed E-state index contributed by atoms with van der Waals surface area (Å²) >= 11 is 0. The molecule has 1 fully saturated rings. The van der Waals surface area contributed by atoms with E-state index in [1.807, 2.05) is 42.5 Å². The first kappa shape index (κ1) is 20.5. The number of carbonyl (C=O) groups excluding carboxylic acids is 1. The van der Waals surface area contributed by atoms with Crippen molar-refractivity contribution in [3.05, 3.63) is 78.1 Å². The summed E-state index contributed by atoms with van der Waals surface area (Å²) in [6, 6.07) is 19.1. The fraction of sp³-hybridized carbons (Fsp3) is 0.261. The molecule has 0 spiro atoms. The van der Waals surface area contributed by atoms with Gasteiger partial charge in [0.2, 0.25) is 15.9 Å². The molecular weight excluding hydrogens is 403 g/mol. The van der Waals surface area contributed by atoms with Gasteiger partial charge in [0.25, 0.3) is 0 Å². The third-order valence-electron chi connectivity index (χ3n) is 5.43. The van der Waals surface area contributed by atoms with Gasteiger partial charge in [-0.25, -0.2) is 17.1 Å². The highest BCUT2D eigenvalue weighted by Gasteiger charge is 2.32. The normalized spacial score (nSPS) is 17.7. The van der Waals surface area contributed by atoms with E-state index < -0.39 is 21.8 Å². The molecule has 156 valence electrons. The standard InChI is InChI=1S/C23H23FN2O3S/c24-21-10-7-17(8-11-21)16-30(28,29)26-13-3-6-20(15-26)23(27)25-22-12-9-18-4-1-2-5-19(18)14-22/h1-2,4-5,7-12,14,20H,3,6,13,15-16H2,(H,25,27)/t20-/m1/s1. The van der Waals surface area contributed by atoms with Crippen LogP contribution in [-0.4, -0.2) is 31.7 Å². The van der Waals surface area contributed by atoms with Crippen molar-refractivity contribution in [1.29, 1.82) is 0 Å². The number of nitrogens with one attached hydrogen (secondary N) is 1. The number of fused-ring (bicyclic) bond motifs is 1. The summed E-state index contributed by atoms with van der Waals surface area (Å²) in [6.45, 7) is 0.548. The van der Waals surface area contributed by atoms with E-state index in [0.29, 0.717) is 30.6 Å². The van der Waals surface area contributed by atoms with Crippen molar-refractivity contribution >= 4 is 32.4 Å². The van der Waals surface area contributed by atoms with Crippen LogP contribution < -0.4 is 5.32 Å². The monoisotopic (exact) mass is 426 g/mol. The predicted octanol–water partition coefficient (Wildman–Crippen LogP) is 4.16. The predicted molar refractivity (Wildman–Crippen MR) is 116 cm³/mol. The lowest BCUT2D eigenvalue weighted by Crippen LogP contribution is -2.44. The molecule has 1 aliphatic heterocycles. The van der Waals surface area contributed by atoms with E-state index in [9.17, 15) is 17.6 Å². The first-order chi connectivity index (χ1) is 14.4. The fourth-order valence-electron chi connectivity index (χ4n) is 3.80. The molecule has 3 aromatic carbocycles. The number of amides is 1. The maximum absolute atomic E-state index is 13.1. The quantitative estimate of drug-likeness (QED) is 0.666. The summed E-state index contributed by atoms with van der Waals surface area (Å²) in [5.74, 6) is -1.19. The Hall–Kier alpha value is -2.77. The van der Waals surface area contributed by atoms with Crippen LogP contribution in [0.3, 0.4) is 0 Å². The highest BCUT2D eigenvalue weighted by atomic mass is 32.2. The van der Waals surface area contributed by atoms with Crippen molar-refractivity contribution in [2.45, 2.75) is 18.6 Å². The molecule has 1 amide bonds. The Balaban J connectivity index is 1.43. The van der Waals surface area contributed by atoms with Gasteiger partial charge in [0.05, 0.1) is 11.7 Å². The summed E-state index contributed by atoms with van der Waals surface area (Å²) in [7, 11) is -3.59. The average Bonchev–Trinajstić information content (AvgIpc) is 2.75. The topological polar surface area (TPSA) is 66.5 Å². The minimum absolute atomic E-state index is 0.156. The molecule has 5 nitrogen and oxygen atoms in total. The molecule has 1 aliphatic rings. The third kappa shape index (κ3) is 4.68. The Bertz CT molecular complexity index is 1160. The van der Waals surface area contributed by atoms with Crippen LogP contribution in [0.15, 0.2) is 66.7 Å². The van der Waals surface area contributed by atoms with Crippen molar-refractivity contribution in [1.82, 2.24) is 4.31 Å². The van der Waals surface area contributed by atoms with Crippen LogP contribution in [0.25, 0.3) is 10.8 Å². The molecule has 0 aromatic heterocycles. The van der Waals surface area contributed by atoms with Crippen molar-refractivity contribution in [2.24, 2.45) is 5.92 Å². The van der Waals surface area contributed by atoms with Crippen LogP contribution in [0.1, 0.15) is 18.4 Å². The lowest BCUT2D eigenvalue weighted by atomic mass is 9.98. The second-order valence-corrected chi connectivity index (χ2v) is 9.60. The number of hydrogen-bond acceptors (Lipinski definition) is 3. The molecule has 0 unspecified atom stereocenters. The number of carbonyl (C=O) groups is 1. The van der Waals surface area contributed by atoms with E-state index >= 15 is 0 Å². The minimum Gasteiger partial charge on any atom is -0.326 e. The second-order valence-electron chi connectivity index (χ2n) is 7.63. The minimum atomic E-state index is -3.59. The molecule has 0 aliphatic carbocycles. The van der Waals surface area contributed by atoms with Crippen molar-refractivity contribution < 1.29 is 17.6 Å². The van der Waals surface area contributed by atoms with Crippen LogP contribution in [0.2, 0.25) is 0 Å². The summed E-state index contributed by atoms with van der Waals surface area (Å²) in [5.41, 5.74) is 1.23. The van der Waals surface area contributed by atoms with Gasteiger partial charge < -0.3 is 5.32 Å². The maximum Gasteiger partial charge on any atom is 0.228 e. The summed E-state index contributed by atoms with van der Waals surface area (Å²) in [6.07, 6.45) is 1.26. The lowest BCUT2D eigenvalue weighted by Gasteiger charge is -2.31. The van der Waals surface area contributed by atoms with E-state index in [2.05, 4.69) is 5.32 Å². The molecule has 0 bridgehead atoms. The summed E-state index contributed by atoms with van der Waals surface area (Å²) in [5, 5.41) is 5.05. The molecule has 1 atom stereocenters. The Morgan fingerprint density at radius 2 is 1.77 bits per heavy atom. The van der Waals surface area contributed by atoms with Crippen molar-refractivity contribution in [2.75, 3.05) is 18.4 Å². The van der Waals surface area contributed by atoms with Gasteiger partial charge in [-0.2, -0.15) is 0 Å². The largest absolute Gasteiger partial charge is 0.326 e. The van der Waals surface area contributed by atoms with Gasteiger partial charge in [-0.15, -0.1) is 0 Å². The van der Waals surface area contributed by atoms with Gasteiger partial charge in [0.15, 0.2) is 0 Å². The van der Waals surface area contributed by atoms with E-state index in [0.717, 1.165) is 10.8 Å². The zero-order chi connectivity index (χ0) is 21.1. The van der Waals surface area contributed by atoms with E-state index in [4.69, 9.17) is 0 Å². The number of hydrogen-bond donors (Lipinski definition) is 1. The Morgan fingerprint density at radius 3 is 2.53 bits per heavy atom. The highest BCUT2D eigenvalue weighted by molar-refractivity contribution is 7.88. The van der Waals surface area contributed by atoms with E-state index in [-0.39, 0.29) is 18.2 Å². The lowest BCUT2D eigenvalue weighted by molar-refractivity contribution is -0.120. The van der Waals surface area contributed by atoms with E-state index in [1.165, 1.54) is 28.6 Å². The number of anilines is 1. The zero-order valence-corrected chi connectivity index (χ0v) is 17.2. The van der Waals surface area contributed by atoms with Gasteiger partial charge in [-0.3, -0.25) is 4.79 Å². The number of nitrogens with zero attached hydrogens (tertiary/aromatic N) is 1. The Morgan fingerprint density at radius 1 is 1.03 bits per heavy atom. The Labute approximate surface area is 175 Å². The van der Waals surface area contributed by atoms with Crippen LogP contribution in [0, 0.1) is 11.7 Å². The van der Waals surface area contributed by atoms with Gasteiger partial charge in [-0.1, -0.05) is 42.5 Å². The number of rotatable bonds is 5. The molecule has 7 heteroatoms. The van der Waals surface area contributed by atoms with Crippen LogP contribution in [0.5, 0.6) is 0 Å². The molecule has 3 aromatic rings. The highest BCUT2D eigenvalue weighted by Crippen LogP contribution is 2.24. The molecule has 30 heavy (non-hydrogen) atoms. The Kier molecular flexibility index (Phi) is 5.83. The smallest absolute Gasteiger partial charge is 0.228 e. The first-order valence-electron chi connectivity index (χ1n) is 9.93. The first-order valence-corrected chi connectivity index (χ1v) is 11.5. The van der Waals surface area contributed by atoms with Crippen molar-refractivity contribution in [3.63, 3.8) is 0 Å². The fourth-order valence-corrected chi connectivity index (χ4v) is 5.41. The molecular formula is C23H23FN2O3S. The number of piperidine rings is 1. The average molecular weight is 427 g/mol. The summed E-state index contributed by atoms with van der Waals surface area (Å²) < 4.78 is 40.1. The molecule has 0 radical (unpaired) electrons. The maximum atomic E-state index is 13.1. The molecule has 1 N–H and O–H groups in total. The number of halogens is 1. The second kappa shape index (κ2) is 8.53. The molecule has 4 rings (SSSR count). The molecule has 1 saturated heterocycles.